The highest BCUT2D eigenvalue weighted by Gasteiger charge is 2.04. The summed E-state index contributed by atoms with van der Waals surface area (Å²) in [4.78, 5) is 16.8. The van der Waals surface area contributed by atoms with Crippen LogP contribution in [0.4, 0.5) is 5.13 Å². The van der Waals surface area contributed by atoms with Crippen molar-refractivity contribution in [3.8, 4) is 0 Å². The number of benzene rings is 1. The van der Waals surface area contributed by atoms with E-state index in [0.29, 0.717) is 11.0 Å². The van der Waals surface area contributed by atoms with E-state index < -0.39 is 0 Å². The summed E-state index contributed by atoms with van der Waals surface area (Å²) in [5.74, 6) is 0.374. The molecule has 0 aliphatic rings. The Morgan fingerprint density at radius 2 is 2.00 bits per heavy atom. The van der Waals surface area contributed by atoms with Crippen LogP contribution in [0.2, 0.25) is 0 Å². The quantitative estimate of drug-likeness (QED) is 0.560. The molecule has 0 unspecified atom stereocenters. The van der Waals surface area contributed by atoms with Crippen molar-refractivity contribution in [1.82, 2.24) is 9.97 Å². The highest BCUT2D eigenvalue weighted by atomic mass is 32.1. The Hall–Kier alpha value is -2.80. The molecule has 7 heteroatoms. The van der Waals surface area contributed by atoms with Gasteiger partial charge in [-0.2, -0.15) is 9.98 Å². The highest BCUT2D eigenvalue weighted by Crippen LogP contribution is 2.27. The second-order valence-electron chi connectivity index (χ2n) is 4.62. The van der Waals surface area contributed by atoms with Crippen LogP contribution in [0.5, 0.6) is 0 Å². The number of rotatable bonds is 2. The topological polar surface area (TPSA) is 103 Å². The van der Waals surface area contributed by atoms with E-state index in [-0.39, 0.29) is 5.96 Å². The molecule has 0 atom stereocenters. The molecular weight excluding hydrogens is 296 g/mol. The fourth-order valence-corrected chi connectivity index (χ4v) is 2.77. The van der Waals surface area contributed by atoms with Gasteiger partial charge in [-0.3, -0.25) is 4.98 Å². The number of hydrogen-bond acceptors (Lipinski definition) is 4. The third-order valence-corrected chi connectivity index (χ3v) is 3.85. The molecule has 0 fully saturated rings. The minimum absolute atomic E-state index is 0.0750. The lowest BCUT2D eigenvalue weighted by Crippen LogP contribution is -2.19. The molecule has 2 aromatic heterocycles. The monoisotopic (exact) mass is 310 g/mol. The molecule has 0 radical (unpaired) electrons. The fourth-order valence-electron chi connectivity index (χ4n) is 1.92. The maximum absolute atomic E-state index is 5.94. The van der Waals surface area contributed by atoms with Crippen LogP contribution in [-0.4, -0.2) is 21.8 Å². The van der Waals surface area contributed by atoms with E-state index in [1.807, 2.05) is 37.3 Å². The summed E-state index contributed by atoms with van der Waals surface area (Å²) >= 11 is 1.45. The van der Waals surface area contributed by atoms with Crippen molar-refractivity contribution in [3.63, 3.8) is 0 Å². The number of hydrogen-bond donors (Lipinski definition) is 2. The van der Waals surface area contributed by atoms with E-state index in [9.17, 15) is 0 Å². The van der Waals surface area contributed by atoms with Gasteiger partial charge in [-0.05, 0) is 31.2 Å². The molecule has 3 rings (SSSR count). The average molecular weight is 310 g/mol. The van der Waals surface area contributed by atoms with Gasteiger partial charge in [-0.25, -0.2) is 4.98 Å². The SMILES string of the molecule is Cc1cc(C(N)=NC(N)=Nc2nc3ccccc3s2)ccn1. The molecule has 0 amide bonds. The van der Waals surface area contributed by atoms with Gasteiger partial charge in [-0.15, -0.1) is 0 Å². The number of fused-ring (bicyclic) bond motifs is 1. The van der Waals surface area contributed by atoms with Crippen LogP contribution in [-0.2, 0) is 0 Å². The Morgan fingerprint density at radius 1 is 1.18 bits per heavy atom. The first-order chi connectivity index (χ1) is 10.6. The summed E-state index contributed by atoms with van der Waals surface area (Å²) in [6.07, 6.45) is 1.67. The Bertz CT molecular complexity index is 847. The van der Waals surface area contributed by atoms with Crippen LogP contribution in [0.1, 0.15) is 11.3 Å². The number of thiazole rings is 1. The smallest absolute Gasteiger partial charge is 0.224 e. The number of para-hydroxylation sites is 1. The zero-order chi connectivity index (χ0) is 15.5. The van der Waals surface area contributed by atoms with Crippen LogP contribution in [0.3, 0.4) is 0 Å². The van der Waals surface area contributed by atoms with Crippen molar-refractivity contribution < 1.29 is 0 Å². The first-order valence-electron chi connectivity index (χ1n) is 6.59. The summed E-state index contributed by atoms with van der Waals surface area (Å²) in [6.45, 7) is 1.88. The third kappa shape index (κ3) is 3.09. The molecule has 4 N–H and O–H groups in total. The van der Waals surface area contributed by atoms with Gasteiger partial charge < -0.3 is 11.5 Å². The van der Waals surface area contributed by atoms with E-state index in [4.69, 9.17) is 11.5 Å². The first-order valence-corrected chi connectivity index (χ1v) is 7.40. The maximum atomic E-state index is 5.94. The Balaban J connectivity index is 1.89. The molecule has 1 aromatic carbocycles. The van der Waals surface area contributed by atoms with Gasteiger partial charge in [0.15, 0.2) is 0 Å². The van der Waals surface area contributed by atoms with E-state index in [1.54, 1.807) is 12.3 Å². The van der Waals surface area contributed by atoms with Crippen LogP contribution in [0.25, 0.3) is 10.2 Å². The van der Waals surface area contributed by atoms with E-state index in [0.717, 1.165) is 21.5 Å². The van der Waals surface area contributed by atoms with E-state index >= 15 is 0 Å². The van der Waals surface area contributed by atoms with Crippen molar-refractivity contribution in [2.45, 2.75) is 6.92 Å². The van der Waals surface area contributed by atoms with Gasteiger partial charge in [0.2, 0.25) is 11.1 Å². The summed E-state index contributed by atoms with van der Waals surface area (Å²) in [7, 11) is 0. The lowest BCUT2D eigenvalue weighted by molar-refractivity contribution is 1.19. The van der Waals surface area contributed by atoms with Crippen LogP contribution in [0, 0.1) is 6.92 Å². The zero-order valence-electron chi connectivity index (χ0n) is 11.9. The predicted octanol–water partition coefficient (Wildman–Crippen LogP) is 2.35. The predicted molar refractivity (Wildman–Crippen MR) is 90.6 cm³/mol. The van der Waals surface area contributed by atoms with Crippen molar-refractivity contribution in [3.05, 3.63) is 53.9 Å². The molecule has 2 heterocycles. The first kappa shape index (κ1) is 14.2. The average Bonchev–Trinajstić information content (AvgIpc) is 2.89. The molecule has 0 saturated carbocycles. The molecule has 0 saturated heterocycles. The van der Waals surface area contributed by atoms with Gasteiger partial charge in [0.25, 0.3) is 0 Å². The molecule has 0 aliphatic carbocycles. The molecule has 0 spiro atoms. The largest absolute Gasteiger partial charge is 0.383 e. The number of pyridine rings is 1. The van der Waals surface area contributed by atoms with Crippen molar-refractivity contribution >= 4 is 38.5 Å². The number of aryl methyl sites for hydroxylation is 1. The number of nitrogens with two attached hydrogens (primary N) is 2. The van der Waals surface area contributed by atoms with E-state index in [2.05, 4.69) is 20.0 Å². The second kappa shape index (κ2) is 5.90. The fraction of sp³-hybridized carbons (Fsp3) is 0.0667. The number of guanidine groups is 1. The molecule has 110 valence electrons. The molecule has 22 heavy (non-hydrogen) atoms. The van der Waals surface area contributed by atoms with Crippen molar-refractivity contribution in [1.29, 1.82) is 0 Å². The second-order valence-corrected chi connectivity index (χ2v) is 5.63. The Morgan fingerprint density at radius 3 is 2.77 bits per heavy atom. The lowest BCUT2D eigenvalue weighted by Gasteiger charge is -2.01. The summed E-state index contributed by atoms with van der Waals surface area (Å²) in [6, 6.07) is 11.4. The lowest BCUT2D eigenvalue weighted by atomic mass is 10.2. The number of amidine groups is 1. The van der Waals surface area contributed by atoms with Gasteiger partial charge >= 0.3 is 0 Å². The molecule has 0 bridgehead atoms. The molecule has 3 aromatic rings. The Kier molecular flexibility index (Phi) is 3.80. The van der Waals surface area contributed by atoms with Gasteiger partial charge in [0.05, 0.1) is 10.2 Å². The number of aromatic nitrogens is 2. The standard InChI is InChI=1S/C15H14N6S/c1-9-8-10(6-7-18-9)13(16)20-14(17)21-15-19-11-4-2-3-5-12(11)22-15/h2-8H,1H3,(H4,16,17,19,20,21). The van der Waals surface area contributed by atoms with Crippen LogP contribution >= 0.6 is 11.3 Å². The van der Waals surface area contributed by atoms with E-state index in [1.165, 1.54) is 11.3 Å². The summed E-state index contributed by atoms with van der Waals surface area (Å²) in [5.41, 5.74) is 14.3. The zero-order valence-corrected chi connectivity index (χ0v) is 12.7. The normalized spacial score (nSPS) is 12.8. The van der Waals surface area contributed by atoms with Crippen molar-refractivity contribution in [2.24, 2.45) is 21.5 Å². The molecule has 6 nitrogen and oxygen atoms in total. The van der Waals surface area contributed by atoms with Crippen molar-refractivity contribution in [2.75, 3.05) is 0 Å². The highest BCUT2D eigenvalue weighted by molar-refractivity contribution is 7.22. The van der Waals surface area contributed by atoms with Crippen LogP contribution in [0.15, 0.2) is 52.6 Å². The number of nitrogens with zero attached hydrogens (tertiary/aromatic N) is 4. The van der Waals surface area contributed by atoms with Crippen LogP contribution < -0.4 is 11.5 Å². The van der Waals surface area contributed by atoms with Gasteiger partial charge in [0, 0.05) is 17.5 Å². The minimum atomic E-state index is 0.0750. The minimum Gasteiger partial charge on any atom is -0.383 e. The molecule has 0 aliphatic heterocycles. The van der Waals surface area contributed by atoms with Gasteiger partial charge in [0.1, 0.15) is 5.84 Å². The number of aliphatic imine (C=N–C) groups is 2. The third-order valence-electron chi connectivity index (χ3n) is 2.92. The summed E-state index contributed by atoms with van der Waals surface area (Å²) in [5, 5.41) is 0.557. The van der Waals surface area contributed by atoms with Gasteiger partial charge in [-0.1, -0.05) is 23.5 Å². The maximum Gasteiger partial charge on any atom is 0.224 e. The Labute approximate surface area is 131 Å². The summed E-state index contributed by atoms with van der Waals surface area (Å²) < 4.78 is 1.05. The molecular formula is C15H14N6S.